The van der Waals surface area contributed by atoms with Gasteiger partial charge in [-0.05, 0) is 47.7 Å². The number of carbonyl (C=O) groups is 1. The second-order valence-electron chi connectivity index (χ2n) is 5.82. The van der Waals surface area contributed by atoms with E-state index in [1.165, 1.54) is 0 Å². The highest BCUT2D eigenvalue weighted by Crippen LogP contribution is 2.27. The lowest BCUT2D eigenvalue weighted by molar-refractivity contribution is -0.122. The molecule has 1 fully saturated rings. The Kier molecular flexibility index (Phi) is 5.45. The Balaban J connectivity index is 1.47. The molecule has 0 aliphatic heterocycles. The molecule has 0 radical (unpaired) electrons. The van der Waals surface area contributed by atoms with Crippen molar-refractivity contribution in [2.24, 2.45) is 5.73 Å². The zero-order valence-electron chi connectivity index (χ0n) is 12.6. The minimum absolute atomic E-state index is 0.0316. The van der Waals surface area contributed by atoms with E-state index in [0.29, 0.717) is 24.6 Å². The molecule has 2 aromatic rings. The second-order valence-corrected chi connectivity index (χ2v) is 7.65. The summed E-state index contributed by atoms with van der Waals surface area (Å²) in [6.45, 7) is 0. The van der Waals surface area contributed by atoms with E-state index in [0.717, 1.165) is 35.0 Å². The molecule has 3 rings (SSSR count). The maximum Gasteiger partial charge on any atom is 0.227 e. The topological polar surface area (TPSA) is 94.0 Å². The lowest BCUT2D eigenvalue weighted by Gasteiger charge is -2.26. The molecule has 1 aliphatic rings. The lowest BCUT2D eigenvalue weighted by atomic mass is 9.92. The molecule has 124 valence electrons. The van der Waals surface area contributed by atoms with Gasteiger partial charge in [-0.3, -0.25) is 4.79 Å². The zero-order chi connectivity index (χ0) is 16.2. The van der Waals surface area contributed by atoms with Gasteiger partial charge in [-0.25, -0.2) is 0 Å². The van der Waals surface area contributed by atoms with Crippen LogP contribution in [0.2, 0.25) is 0 Å². The van der Waals surface area contributed by atoms with Crippen LogP contribution in [0.15, 0.2) is 20.4 Å². The summed E-state index contributed by atoms with van der Waals surface area (Å²) in [5.74, 6) is 1.09. The van der Waals surface area contributed by atoms with Gasteiger partial charge in [0.2, 0.25) is 17.6 Å². The van der Waals surface area contributed by atoms with Crippen molar-refractivity contribution in [3.05, 3.63) is 21.8 Å². The van der Waals surface area contributed by atoms with Crippen molar-refractivity contribution in [1.82, 2.24) is 15.5 Å². The van der Waals surface area contributed by atoms with Crippen molar-refractivity contribution in [2.75, 3.05) is 0 Å². The Bertz CT molecular complexity index is 664. The average molecular weight is 399 g/mol. The molecule has 8 heteroatoms. The minimum Gasteiger partial charge on any atom is -0.353 e. The largest absolute Gasteiger partial charge is 0.353 e. The van der Waals surface area contributed by atoms with Crippen LogP contribution in [0.5, 0.6) is 0 Å². The van der Waals surface area contributed by atoms with Crippen LogP contribution in [-0.4, -0.2) is 28.1 Å². The monoisotopic (exact) mass is 398 g/mol. The molecular weight excluding hydrogens is 380 g/mol. The Morgan fingerprint density at radius 1 is 1.43 bits per heavy atom. The number of aromatic nitrogens is 2. The third kappa shape index (κ3) is 4.62. The van der Waals surface area contributed by atoms with Crippen molar-refractivity contribution in [3.8, 4) is 10.7 Å². The van der Waals surface area contributed by atoms with Crippen LogP contribution in [0.4, 0.5) is 0 Å². The number of nitrogens with one attached hydrogen (secondary N) is 1. The summed E-state index contributed by atoms with van der Waals surface area (Å²) in [4.78, 5) is 17.3. The van der Waals surface area contributed by atoms with Gasteiger partial charge in [0.25, 0.3) is 0 Å². The van der Waals surface area contributed by atoms with E-state index >= 15 is 0 Å². The van der Waals surface area contributed by atoms with E-state index in [-0.39, 0.29) is 18.0 Å². The van der Waals surface area contributed by atoms with E-state index in [4.69, 9.17) is 10.3 Å². The number of halogens is 1. The molecular formula is C15H19BrN4O2S. The number of hydrogen-bond acceptors (Lipinski definition) is 6. The van der Waals surface area contributed by atoms with Crippen LogP contribution >= 0.6 is 27.3 Å². The molecule has 23 heavy (non-hydrogen) atoms. The Labute approximate surface area is 147 Å². The summed E-state index contributed by atoms with van der Waals surface area (Å²) >= 11 is 4.94. The predicted molar refractivity (Wildman–Crippen MR) is 92.0 cm³/mol. The molecule has 1 amide bonds. The molecule has 0 unspecified atom stereocenters. The van der Waals surface area contributed by atoms with Gasteiger partial charge in [0.1, 0.15) is 0 Å². The fraction of sp³-hybridized carbons (Fsp3) is 0.533. The zero-order valence-corrected chi connectivity index (χ0v) is 15.0. The smallest absolute Gasteiger partial charge is 0.227 e. The molecule has 2 heterocycles. The first-order chi connectivity index (χ1) is 11.1. The van der Waals surface area contributed by atoms with Crippen LogP contribution in [0.25, 0.3) is 10.7 Å². The van der Waals surface area contributed by atoms with Crippen LogP contribution < -0.4 is 11.1 Å². The van der Waals surface area contributed by atoms with Crippen LogP contribution in [0.3, 0.4) is 0 Å². The molecule has 6 nitrogen and oxygen atoms in total. The van der Waals surface area contributed by atoms with Gasteiger partial charge in [0, 0.05) is 34.8 Å². The fourth-order valence-electron chi connectivity index (χ4n) is 2.67. The minimum atomic E-state index is 0.0316. The molecule has 2 aromatic heterocycles. The van der Waals surface area contributed by atoms with Crippen molar-refractivity contribution in [2.45, 2.75) is 50.6 Å². The van der Waals surface area contributed by atoms with Gasteiger partial charge in [-0.15, -0.1) is 11.3 Å². The van der Waals surface area contributed by atoms with Crippen molar-refractivity contribution in [3.63, 3.8) is 0 Å². The van der Waals surface area contributed by atoms with Gasteiger partial charge in [-0.1, -0.05) is 5.16 Å². The molecule has 3 N–H and O–H groups in total. The van der Waals surface area contributed by atoms with Gasteiger partial charge in [0.15, 0.2) is 0 Å². The number of carbonyl (C=O) groups excluding carboxylic acids is 1. The number of thiophene rings is 1. The standard InChI is InChI=1S/C15H19BrN4O2S/c16-9-7-12(23-8-9)15-19-14(22-20-15)6-5-13(21)18-11-3-1-10(17)2-4-11/h7-8,10-11H,1-6,17H2,(H,18,21). The van der Waals surface area contributed by atoms with Crippen molar-refractivity contribution in [1.29, 1.82) is 0 Å². The van der Waals surface area contributed by atoms with E-state index in [9.17, 15) is 4.79 Å². The van der Waals surface area contributed by atoms with E-state index in [1.54, 1.807) is 11.3 Å². The Morgan fingerprint density at radius 2 is 2.22 bits per heavy atom. The summed E-state index contributed by atoms with van der Waals surface area (Å²) in [7, 11) is 0. The number of aryl methyl sites for hydroxylation is 1. The summed E-state index contributed by atoms with van der Waals surface area (Å²) in [6, 6.07) is 2.49. The lowest BCUT2D eigenvalue weighted by Crippen LogP contribution is -2.40. The highest BCUT2D eigenvalue weighted by Gasteiger charge is 2.20. The molecule has 1 aliphatic carbocycles. The van der Waals surface area contributed by atoms with Crippen LogP contribution in [-0.2, 0) is 11.2 Å². The van der Waals surface area contributed by atoms with E-state index in [2.05, 4.69) is 31.4 Å². The van der Waals surface area contributed by atoms with E-state index in [1.807, 2.05) is 11.4 Å². The van der Waals surface area contributed by atoms with Gasteiger partial charge in [-0.2, -0.15) is 4.98 Å². The third-order valence-corrected chi connectivity index (χ3v) is 5.65. The second kappa shape index (κ2) is 7.55. The molecule has 0 atom stereocenters. The Hall–Kier alpha value is -1.25. The van der Waals surface area contributed by atoms with Crippen LogP contribution in [0.1, 0.15) is 38.0 Å². The quantitative estimate of drug-likeness (QED) is 0.807. The van der Waals surface area contributed by atoms with Gasteiger partial charge >= 0.3 is 0 Å². The van der Waals surface area contributed by atoms with E-state index < -0.39 is 0 Å². The number of amides is 1. The summed E-state index contributed by atoms with van der Waals surface area (Å²) in [5.41, 5.74) is 5.87. The number of rotatable bonds is 5. The fourth-order valence-corrected chi connectivity index (χ4v) is 4.02. The van der Waals surface area contributed by atoms with Crippen LogP contribution in [0, 0.1) is 0 Å². The molecule has 0 aromatic carbocycles. The number of nitrogens with two attached hydrogens (primary N) is 1. The molecule has 1 saturated carbocycles. The summed E-state index contributed by atoms with van der Waals surface area (Å²) in [5, 5.41) is 8.99. The SMILES string of the molecule is NC1CCC(NC(=O)CCc2nc(-c3cc(Br)cs3)no2)CC1. The first-order valence-corrected chi connectivity index (χ1v) is 9.39. The first-order valence-electron chi connectivity index (χ1n) is 7.72. The number of nitrogens with zero attached hydrogens (tertiary/aromatic N) is 2. The first kappa shape index (κ1) is 16.6. The molecule has 0 bridgehead atoms. The van der Waals surface area contributed by atoms with Gasteiger partial charge < -0.3 is 15.6 Å². The normalized spacial score (nSPS) is 21.3. The van der Waals surface area contributed by atoms with Gasteiger partial charge in [0.05, 0.1) is 4.88 Å². The van der Waals surface area contributed by atoms with Crippen molar-refractivity contribution < 1.29 is 9.32 Å². The van der Waals surface area contributed by atoms with Crippen molar-refractivity contribution >= 4 is 33.2 Å². The highest BCUT2D eigenvalue weighted by atomic mass is 79.9. The molecule has 0 saturated heterocycles. The maximum absolute atomic E-state index is 12.0. The summed E-state index contributed by atoms with van der Waals surface area (Å²) in [6.07, 6.45) is 4.70. The number of hydrogen-bond donors (Lipinski definition) is 2. The average Bonchev–Trinajstić information content (AvgIpc) is 3.16. The predicted octanol–water partition coefficient (Wildman–Crippen LogP) is 2.88. The highest BCUT2D eigenvalue weighted by molar-refractivity contribution is 9.10. The Morgan fingerprint density at radius 3 is 2.91 bits per heavy atom. The summed E-state index contributed by atoms with van der Waals surface area (Å²) < 4.78 is 6.21. The third-order valence-electron chi connectivity index (χ3n) is 3.96. The molecule has 0 spiro atoms. The maximum atomic E-state index is 12.0.